The van der Waals surface area contributed by atoms with Gasteiger partial charge in [0.25, 0.3) is 11.8 Å². The van der Waals surface area contributed by atoms with E-state index in [2.05, 4.69) is 15.6 Å². The van der Waals surface area contributed by atoms with Gasteiger partial charge in [-0.15, -0.1) is 0 Å². The van der Waals surface area contributed by atoms with E-state index in [4.69, 9.17) is 11.6 Å². The minimum absolute atomic E-state index is 0.152. The van der Waals surface area contributed by atoms with Crippen LogP contribution in [0.1, 0.15) is 37.7 Å². The second-order valence-electron chi connectivity index (χ2n) is 6.49. The number of halogens is 1. The van der Waals surface area contributed by atoms with Crippen LogP contribution in [0, 0.1) is 13.8 Å². The number of hydrogen-bond donors (Lipinski definition) is 2. The lowest BCUT2D eigenvalue weighted by molar-refractivity contribution is 0.0945. The molecule has 142 valence electrons. The van der Waals surface area contributed by atoms with Crippen LogP contribution >= 0.6 is 11.6 Å². The Kier molecular flexibility index (Phi) is 6.06. The second-order valence-corrected chi connectivity index (χ2v) is 6.90. The highest BCUT2D eigenvalue weighted by Crippen LogP contribution is 2.20. The number of aryl methyl sites for hydroxylation is 2. The smallest absolute Gasteiger partial charge is 0.274 e. The lowest BCUT2D eigenvalue weighted by atomic mass is 10.1. The molecule has 0 saturated heterocycles. The van der Waals surface area contributed by atoms with Gasteiger partial charge in [-0.25, -0.2) is 4.98 Å². The van der Waals surface area contributed by atoms with Gasteiger partial charge in [0, 0.05) is 17.3 Å². The second kappa shape index (κ2) is 8.67. The van der Waals surface area contributed by atoms with Gasteiger partial charge in [0.1, 0.15) is 11.4 Å². The molecule has 3 rings (SSSR count). The van der Waals surface area contributed by atoms with Crippen LogP contribution in [0.25, 0.3) is 0 Å². The van der Waals surface area contributed by atoms with E-state index >= 15 is 0 Å². The van der Waals surface area contributed by atoms with Crippen LogP contribution in [0.2, 0.25) is 5.02 Å². The summed E-state index contributed by atoms with van der Waals surface area (Å²) in [5.41, 5.74) is 3.97. The molecule has 0 spiro atoms. The van der Waals surface area contributed by atoms with Gasteiger partial charge in [0.15, 0.2) is 0 Å². The van der Waals surface area contributed by atoms with Gasteiger partial charge < -0.3 is 10.6 Å². The van der Waals surface area contributed by atoms with Crippen molar-refractivity contribution in [2.75, 3.05) is 5.32 Å². The van der Waals surface area contributed by atoms with E-state index < -0.39 is 5.91 Å². The zero-order valence-electron chi connectivity index (χ0n) is 15.6. The molecule has 2 amide bonds. The molecular formula is C22H20ClN3O2. The minimum Gasteiger partial charge on any atom is -0.347 e. The lowest BCUT2D eigenvalue weighted by Gasteiger charge is -2.08. The molecule has 0 unspecified atom stereocenters. The van der Waals surface area contributed by atoms with Crippen molar-refractivity contribution in [1.29, 1.82) is 0 Å². The predicted molar refractivity (Wildman–Crippen MR) is 111 cm³/mol. The predicted octanol–water partition coefficient (Wildman–Crippen LogP) is 4.53. The average molecular weight is 394 g/mol. The quantitative estimate of drug-likeness (QED) is 0.668. The summed E-state index contributed by atoms with van der Waals surface area (Å²) >= 11 is 6.08. The number of rotatable bonds is 5. The number of anilines is 1. The van der Waals surface area contributed by atoms with E-state index in [-0.39, 0.29) is 17.3 Å². The van der Waals surface area contributed by atoms with Crippen molar-refractivity contribution in [2.24, 2.45) is 0 Å². The fourth-order valence-corrected chi connectivity index (χ4v) is 2.71. The summed E-state index contributed by atoms with van der Waals surface area (Å²) < 4.78 is 0. The molecule has 6 heteroatoms. The molecule has 1 heterocycles. The molecule has 0 bridgehead atoms. The molecular weight excluding hydrogens is 374 g/mol. The van der Waals surface area contributed by atoms with Crippen molar-refractivity contribution in [3.63, 3.8) is 0 Å². The normalized spacial score (nSPS) is 10.4. The summed E-state index contributed by atoms with van der Waals surface area (Å²) in [6, 6.07) is 17.9. The first-order valence-corrected chi connectivity index (χ1v) is 9.18. The van der Waals surface area contributed by atoms with Gasteiger partial charge in [0.2, 0.25) is 0 Å². The monoisotopic (exact) mass is 393 g/mol. The summed E-state index contributed by atoms with van der Waals surface area (Å²) in [6.45, 7) is 4.28. The number of nitrogens with one attached hydrogen (secondary N) is 2. The van der Waals surface area contributed by atoms with Gasteiger partial charge in [-0.05, 0) is 49.2 Å². The molecule has 0 aliphatic heterocycles. The number of amides is 2. The number of carbonyl (C=O) groups excluding carboxylic acids is 2. The zero-order valence-corrected chi connectivity index (χ0v) is 16.4. The highest BCUT2D eigenvalue weighted by molar-refractivity contribution is 6.31. The SMILES string of the molecule is Cc1ccc(CNC(=O)c2cccc(C(=O)Nc3ccc(C)c(Cl)c3)n2)cc1. The average Bonchev–Trinajstić information content (AvgIpc) is 2.70. The van der Waals surface area contributed by atoms with Crippen molar-refractivity contribution >= 4 is 29.1 Å². The molecule has 5 nitrogen and oxygen atoms in total. The molecule has 0 radical (unpaired) electrons. The highest BCUT2D eigenvalue weighted by Gasteiger charge is 2.13. The molecule has 2 aromatic carbocycles. The van der Waals surface area contributed by atoms with Crippen LogP contribution in [0.3, 0.4) is 0 Å². The maximum atomic E-state index is 12.4. The Morgan fingerprint density at radius 3 is 2.29 bits per heavy atom. The van der Waals surface area contributed by atoms with Gasteiger partial charge in [-0.1, -0.05) is 53.6 Å². The number of pyridine rings is 1. The molecule has 0 atom stereocenters. The summed E-state index contributed by atoms with van der Waals surface area (Å²) in [7, 11) is 0. The van der Waals surface area contributed by atoms with Crippen LogP contribution in [0.15, 0.2) is 60.7 Å². The third kappa shape index (κ3) is 4.96. The van der Waals surface area contributed by atoms with E-state index in [1.54, 1.807) is 30.3 Å². The van der Waals surface area contributed by atoms with E-state index in [0.717, 1.165) is 16.7 Å². The zero-order chi connectivity index (χ0) is 20.1. The molecule has 1 aromatic heterocycles. The van der Waals surface area contributed by atoms with Crippen LogP contribution in [0.4, 0.5) is 5.69 Å². The number of benzene rings is 2. The lowest BCUT2D eigenvalue weighted by Crippen LogP contribution is -2.25. The van der Waals surface area contributed by atoms with Crippen molar-refractivity contribution in [2.45, 2.75) is 20.4 Å². The molecule has 0 aliphatic carbocycles. The Labute approximate surface area is 168 Å². The molecule has 0 fully saturated rings. The van der Waals surface area contributed by atoms with Crippen molar-refractivity contribution in [3.05, 3.63) is 93.8 Å². The van der Waals surface area contributed by atoms with Gasteiger partial charge in [-0.3, -0.25) is 9.59 Å². The third-order valence-electron chi connectivity index (χ3n) is 4.22. The molecule has 2 N–H and O–H groups in total. The molecule has 3 aromatic rings. The number of carbonyl (C=O) groups is 2. The van der Waals surface area contributed by atoms with E-state index in [0.29, 0.717) is 17.3 Å². The van der Waals surface area contributed by atoms with Crippen LogP contribution in [-0.2, 0) is 6.54 Å². The maximum absolute atomic E-state index is 12.4. The van der Waals surface area contributed by atoms with Gasteiger partial charge in [0.05, 0.1) is 0 Å². The Hall–Kier alpha value is -3.18. The van der Waals surface area contributed by atoms with Crippen molar-refractivity contribution in [3.8, 4) is 0 Å². The van der Waals surface area contributed by atoms with E-state index in [9.17, 15) is 9.59 Å². The van der Waals surface area contributed by atoms with Crippen LogP contribution in [-0.4, -0.2) is 16.8 Å². The summed E-state index contributed by atoms with van der Waals surface area (Å²) in [5, 5.41) is 6.12. The number of nitrogens with zero attached hydrogens (tertiary/aromatic N) is 1. The first kappa shape index (κ1) is 19.6. The highest BCUT2D eigenvalue weighted by atomic mass is 35.5. The molecule has 28 heavy (non-hydrogen) atoms. The van der Waals surface area contributed by atoms with Gasteiger partial charge in [-0.2, -0.15) is 0 Å². The molecule has 0 saturated carbocycles. The first-order valence-electron chi connectivity index (χ1n) is 8.80. The van der Waals surface area contributed by atoms with Crippen LogP contribution in [0.5, 0.6) is 0 Å². The fourth-order valence-electron chi connectivity index (χ4n) is 2.53. The first-order chi connectivity index (χ1) is 13.4. The van der Waals surface area contributed by atoms with E-state index in [1.165, 1.54) is 0 Å². The largest absolute Gasteiger partial charge is 0.347 e. The number of hydrogen-bond acceptors (Lipinski definition) is 3. The summed E-state index contributed by atoms with van der Waals surface area (Å²) in [6.07, 6.45) is 0. The van der Waals surface area contributed by atoms with E-state index in [1.807, 2.05) is 44.2 Å². The Bertz CT molecular complexity index is 1020. The summed E-state index contributed by atoms with van der Waals surface area (Å²) in [4.78, 5) is 29.0. The van der Waals surface area contributed by atoms with Crippen LogP contribution < -0.4 is 10.6 Å². The standard InChI is InChI=1S/C22H20ClN3O2/c1-14-6-9-16(10-7-14)13-24-21(27)19-4-3-5-20(26-19)22(28)25-17-11-8-15(2)18(23)12-17/h3-12H,13H2,1-2H3,(H,24,27)(H,25,28). The Morgan fingerprint density at radius 1 is 0.929 bits per heavy atom. The fraction of sp³-hybridized carbons (Fsp3) is 0.136. The Morgan fingerprint density at radius 2 is 1.61 bits per heavy atom. The topological polar surface area (TPSA) is 71.1 Å². The van der Waals surface area contributed by atoms with Gasteiger partial charge >= 0.3 is 0 Å². The molecule has 0 aliphatic rings. The maximum Gasteiger partial charge on any atom is 0.274 e. The van der Waals surface area contributed by atoms with Crippen molar-refractivity contribution in [1.82, 2.24) is 10.3 Å². The minimum atomic E-state index is -0.409. The third-order valence-corrected chi connectivity index (χ3v) is 4.62. The Balaban J connectivity index is 1.66. The van der Waals surface area contributed by atoms with Crippen molar-refractivity contribution < 1.29 is 9.59 Å². The number of aromatic nitrogens is 1. The summed E-state index contributed by atoms with van der Waals surface area (Å²) in [5.74, 6) is -0.748.